The van der Waals surface area contributed by atoms with E-state index < -0.39 is 23.9 Å². The molecule has 0 spiro atoms. The first-order chi connectivity index (χ1) is 5.84. The zero-order valence-electron chi connectivity index (χ0n) is 7.88. The average Bonchev–Trinajstić information content (AvgIpc) is 2.03. The van der Waals surface area contributed by atoms with Crippen molar-refractivity contribution in [2.75, 3.05) is 6.61 Å². The standard InChI is InChI=1S/C8H14F2O3/c1-4-13-7(12)6(11)8(9,10)5(2)3/h5-6,11H,4H2,1-3H3. The summed E-state index contributed by atoms with van der Waals surface area (Å²) in [4.78, 5) is 10.7. The molecule has 0 aromatic carbocycles. The van der Waals surface area contributed by atoms with Crippen molar-refractivity contribution in [1.82, 2.24) is 0 Å². The molecule has 13 heavy (non-hydrogen) atoms. The van der Waals surface area contributed by atoms with E-state index in [0.29, 0.717) is 0 Å². The minimum Gasteiger partial charge on any atom is -0.464 e. The largest absolute Gasteiger partial charge is 0.464 e. The van der Waals surface area contributed by atoms with Gasteiger partial charge >= 0.3 is 5.97 Å². The van der Waals surface area contributed by atoms with Gasteiger partial charge in [-0.2, -0.15) is 0 Å². The van der Waals surface area contributed by atoms with Crippen LogP contribution in [0.4, 0.5) is 8.78 Å². The lowest BCUT2D eigenvalue weighted by Crippen LogP contribution is -2.44. The molecule has 0 amide bonds. The Hall–Kier alpha value is -0.710. The summed E-state index contributed by atoms with van der Waals surface area (Å²) in [6, 6.07) is 0. The Morgan fingerprint density at radius 1 is 1.54 bits per heavy atom. The number of hydrogen-bond acceptors (Lipinski definition) is 3. The summed E-state index contributed by atoms with van der Waals surface area (Å²) < 4.78 is 30.2. The van der Waals surface area contributed by atoms with E-state index in [1.165, 1.54) is 20.8 Å². The average molecular weight is 196 g/mol. The van der Waals surface area contributed by atoms with Gasteiger partial charge in [-0.15, -0.1) is 0 Å². The predicted molar refractivity (Wildman–Crippen MR) is 42.4 cm³/mol. The normalized spacial score (nSPS) is 14.4. The summed E-state index contributed by atoms with van der Waals surface area (Å²) in [5.74, 6) is -5.82. The molecule has 1 atom stereocenters. The Balaban J connectivity index is 4.39. The van der Waals surface area contributed by atoms with Gasteiger partial charge in [0.15, 0.2) is 0 Å². The summed E-state index contributed by atoms with van der Waals surface area (Å²) in [7, 11) is 0. The van der Waals surface area contributed by atoms with Crippen LogP contribution in [0.5, 0.6) is 0 Å². The number of carbonyl (C=O) groups excluding carboxylic acids is 1. The first kappa shape index (κ1) is 12.3. The van der Waals surface area contributed by atoms with Crippen LogP contribution >= 0.6 is 0 Å². The summed E-state index contributed by atoms with van der Waals surface area (Å²) in [5, 5.41) is 8.92. The molecule has 5 heteroatoms. The number of carbonyl (C=O) groups is 1. The fourth-order valence-electron chi connectivity index (χ4n) is 0.694. The summed E-state index contributed by atoms with van der Waals surface area (Å²) in [6.45, 7) is 3.91. The van der Waals surface area contributed by atoms with Crippen LogP contribution in [0.2, 0.25) is 0 Å². The molecule has 0 heterocycles. The van der Waals surface area contributed by atoms with E-state index in [-0.39, 0.29) is 6.61 Å². The molecule has 0 rings (SSSR count). The van der Waals surface area contributed by atoms with Crippen LogP contribution in [0, 0.1) is 5.92 Å². The third kappa shape index (κ3) is 2.91. The SMILES string of the molecule is CCOC(=O)C(O)C(F)(F)C(C)C. The van der Waals surface area contributed by atoms with Gasteiger partial charge in [-0.05, 0) is 6.92 Å². The number of rotatable bonds is 4. The Bertz CT molecular complexity index is 180. The molecule has 3 nitrogen and oxygen atoms in total. The molecular weight excluding hydrogens is 182 g/mol. The zero-order valence-corrected chi connectivity index (χ0v) is 7.88. The highest BCUT2D eigenvalue weighted by molar-refractivity contribution is 5.75. The van der Waals surface area contributed by atoms with Gasteiger partial charge in [0.1, 0.15) is 0 Å². The number of halogens is 2. The van der Waals surface area contributed by atoms with Gasteiger partial charge in [0.25, 0.3) is 5.92 Å². The topological polar surface area (TPSA) is 46.5 Å². The Morgan fingerprint density at radius 2 is 2.00 bits per heavy atom. The lowest BCUT2D eigenvalue weighted by atomic mass is 10.0. The molecule has 0 aromatic heterocycles. The molecule has 1 unspecified atom stereocenters. The molecule has 0 radical (unpaired) electrons. The van der Waals surface area contributed by atoms with Crippen molar-refractivity contribution in [3.63, 3.8) is 0 Å². The quantitative estimate of drug-likeness (QED) is 0.687. The Kier molecular flexibility index (Phi) is 4.26. The van der Waals surface area contributed by atoms with E-state index in [1.807, 2.05) is 0 Å². The second kappa shape index (κ2) is 4.50. The van der Waals surface area contributed by atoms with Crippen LogP contribution in [0.1, 0.15) is 20.8 Å². The molecule has 78 valence electrons. The minimum absolute atomic E-state index is 0.0237. The third-order valence-electron chi connectivity index (χ3n) is 1.64. The smallest absolute Gasteiger partial charge is 0.341 e. The zero-order chi connectivity index (χ0) is 10.6. The van der Waals surface area contributed by atoms with Crippen molar-refractivity contribution in [3.8, 4) is 0 Å². The number of alkyl halides is 2. The number of aliphatic hydroxyl groups excluding tert-OH is 1. The van der Waals surface area contributed by atoms with Gasteiger partial charge in [0.2, 0.25) is 6.10 Å². The summed E-state index contributed by atoms with van der Waals surface area (Å²) >= 11 is 0. The van der Waals surface area contributed by atoms with E-state index in [0.717, 1.165) is 0 Å². The third-order valence-corrected chi connectivity index (χ3v) is 1.64. The van der Waals surface area contributed by atoms with Crippen LogP contribution in [0.15, 0.2) is 0 Å². The Labute approximate surface area is 75.7 Å². The molecule has 0 aliphatic heterocycles. The molecular formula is C8H14F2O3. The van der Waals surface area contributed by atoms with Crippen molar-refractivity contribution in [3.05, 3.63) is 0 Å². The summed E-state index contributed by atoms with van der Waals surface area (Å²) in [5.41, 5.74) is 0. The predicted octanol–water partition coefficient (Wildman–Crippen LogP) is 1.20. The highest BCUT2D eigenvalue weighted by atomic mass is 19.3. The van der Waals surface area contributed by atoms with E-state index in [1.54, 1.807) is 0 Å². The molecule has 0 saturated carbocycles. The van der Waals surface area contributed by atoms with Gasteiger partial charge in [-0.1, -0.05) is 13.8 Å². The second-order valence-corrected chi connectivity index (χ2v) is 2.98. The number of aliphatic hydroxyl groups is 1. The van der Waals surface area contributed by atoms with Gasteiger partial charge < -0.3 is 9.84 Å². The molecule has 0 fully saturated rings. The fraction of sp³-hybridized carbons (Fsp3) is 0.875. The maximum absolute atomic E-state index is 13.0. The van der Waals surface area contributed by atoms with Crippen LogP contribution in [-0.2, 0) is 9.53 Å². The lowest BCUT2D eigenvalue weighted by Gasteiger charge is -2.24. The molecule has 0 saturated heterocycles. The van der Waals surface area contributed by atoms with E-state index in [4.69, 9.17) is 5.11 Å². The van der Waals surface area contributed by atoms with Gasteiger partial charge in [-0.25, -0.2) is 13.6 Å². The van der Waals surface area contributed by atoms with Crippen molar-refractivity contribution in [1.29, 1.82) is 0 Å². The number of hydrogen-bond donors (Lipinski definition) is 1. The second-order valence-electron chi connectivity index (χ2n) is 2.98. The van der Waals surface area contributed by atoms with Crippen LogP contribution < -0.4 is 0 Å². The van der Waals surface area contributed by atoms with Crippen molar-refractivity contribution < 1.29 is 23.4 Å². The minimum atomic E-state index is -3.44. The lowest BCUT2D eigenvalue weighted by molar-refractivity contribution is -0.185. The summed E-state index contributed by atoms with van der Waals surface area (Å²) in [6.07, 6.45) is -2.37. The van der Waals surface area contributed by atoms with Gasteiger partial charge in [-0.3, -0.25) is 0 Å². The first-order valence-corrected chi connectivity index (χ1v) is 4.06. The van der Waals surface area contributed by atoms with Crippen molar-refractivity contribution in [2.24, 2.45) is 5.92 Å². The number of esters is 1. The van der Waals surface area contributed by atoms with E-state index in [2.05, 4.69) is 4.74 Å². The highest BCUT2D eigenvalue weighted by Gasteiger charge is 2.46. The van der Waals surface area contributed by atoms with Crippen molar-refractivity contribution in [2.45, 2.75) is 32.8 Å². The van der Waals surface area contributed by atoms with Crippen LogP contribution in [0.3, 0.4) is 0 Å². The molecule has 1 N–H and O–H groups in total. The van der Waals surface area contributed by atoms with E-state index >= 15 is 0 Å². The van der Waals surface area contributed by atoms with Gasteiger partial charge in [0.05, 0.1) is 6.61 Å². The maximum atomic E-state index is 13.0. The maximum Gasteiger partial charge on any atom is 0.341 e. The first-order valence-electron chi connectivity index (χ1n) is 4.06. The molecule has 0 aromatic rings. The van der Waals surface area contributed by atoms with Gasteiger partial charge in [0, 0.05) is 5.92 Å². The highest BCUT2D eigenvalue weighted by Crippen LogP contribution is 2.28. The molecule has 0 bridgehead atoms. The van der Waals surface area contributed by atoms with Crippen LogP contribution in [0.25, 0.3) is 0 Å². The number of ether oxygens (including phenoxy) is 1. The monoisotopic (exact) mass is 196 g/mol. The molecule has 0 aliphatic carbocycles. The van der Waals surface area contributed by atoms with Crippen LogP contribution in [-0.4, -0.2) is 29.7 Å². The Morgan fingerprint density at radius 3 is 2.31 bits per heavy atom. The van der Waals surface area contributed by atoms with Crippen molar-refractivity contribution >= 4 is 5.97 Å². The molecule has 0 aliphatic rings. The van der Waals surface area contributed by atoms with E-state index in [9.17, 15) is 13.6 Å². The fourth-order valence-corrected chi connectivity index (χ4v) is 0.694.